The lowest BCUT2D eigenvalue weighted by Gasteiger charge is -2.50. The standard InChI is InChI=1S/C42H72O32/c1-9-12(47)4-13(48)37(63-9)72-33-20(51)16(7-45)67-42(35(33)74-39-27(58)21(52)18(49)14(5-43)65-39)70-31-11(3)64-38(28(59)24(31)55)71-32-17(8-46)68-40(29(60)25(32)56)73-34-22(53)19(50)15(6-44)66-41(34)69-30-10(2)62-36(61)26(57)23(30)54/h9-61H,4-8H2,1-3H3/t9-,10+,11+,12-,13-,14-,15-,16-,17-,18+,19-,20-,21+,22+,23+,24+,25-,26-,27-,28-,29-,30+,31+,32+,33+,34+,35+,36?,37-,38+,39+,40+,41-,42-/m1/s1. The zero-order valence-electron chi connectivity index (χ0n) is 40.0. The Morgan fingerprint density at radius 2 is 0.649 bits per heavy atom. The van der Waals surface area contributed by atoms with Gasteiger partial charge in [0.15, 0.2) is 44.0 Å². The first-order valence-corrected chi connectivity index (χ1v) is 24.1. The molecule has 432 valence electrons. The maximum atomic E-state index is 11.6. The first kappa shape index (κ1) is 60.4. The molecule has 32 nitrogen and oxygen atoms in total. The highest BCUT2D eigenvalue weighted by molar-refractivity contribution is 5.00. The number of aliphatic hydroxyl groups excluding tert-OH is 19. The Hall–Kier alpha value is -1.28. The molecule has 0 spiro atoms. The van der Waals surface area contributed by atoms with Crippen molar-refractivity contribution in [1.29, 1.82) is 0 Å². The summed E-state index contributed by atoms with van der Waals surface area (Å²) >= 11 is 0. The molecule has 34 atom stereocenters. The second-order valence-corrected chi connectivity index (χ2v) is 19.4. The van der Waals surface area contributed by atoms with Gasteiger partial charge in [0.05, 0.1) is 50.8 Å². The first-order chi connectivity index (χ1) is 35.0. The van der Waals surface area contributed by atoms with Crippen molar-refractivity contribution < 1.29 is 159 Å². The van der Waals surface area contributed by atoms with E-state index in [9.17, 15) is 97.0 Å². The third-order valence-corrected chi connectivity index (χ3v) is 14.3. The monoisotopic (exact) mass is 1090 g/mol. The van der Waals surface area contributed by atoms with Crippen LogP contribution in [-0.4, -0.2) is 332 Å². The maximum Gasteiger partial charge on any atom is 0.187 e. The second-order valence-electron chi connectivity index (χ2n) is 19.4. The highest BCUT2D eigenvalue weighted by Gasteiger charge is 2.58. The predicted molar refractivity (Wildman–Crippen MR) is 226 cm³/mol. The fraction of sp³-hybridized carbons (Fsp3) is 1.00. The van der Waals surface area contributed by atoms with Crippen LogP contribution < -0.4 is 0 Å². The highest BCUT2D eigenvalue weighted by atomic mass is 16.8. The fourth-order valence-electron chi connectivity index (χ4n) is 9.79. The van der Waals surface area contributed by atoms with Crippen LogP contribution in [-0.2, 0) is 61.6 Å². The minimum atomic E-state index is -2.18. The van der Waals surface area contributed by atoms with Crippen molar-refractivity contribution in [1.82, 2.24) is 0 Å². The molecule has 7 heterocycles. The topological polar surface area (TPSA) is 504 Å². The van der Waals surface area contributed by atoms with Crippen molar-refractivity contribution in [3.63, 3.8) is 0 Å². The van der Waals surface area contributed by atoms with E-state index in [2.05, 4.69) is 0 Å². The quantitative estimate of drug-likeness (QED) is 0.0682. The van der Waals surface area contributed by atoms with Gasteiger partial charge >= 0.3 is 0 Å². The summed E-state index contributed by atoms with van der Waals surface area (Å²) in [6.07, 6.45) is -60.4. The third-order valence-electron chi connectivity index (χ3n) is 14.3. The van der Waals surface area contributed by atoms with E-state index >= 15 is 0 Å². The molecule has 19 N–H and O–H groups in total. The van der Waals surface area contributed by atoms with Gasteiger partial charge in [0, 0.05) is 6.42 Å². The summed E-state index contributed by atoms with van der Waals surface area (Å²) in [5.41, 5.74) is 0. The lowest BCUT2D eigenvalue weighted by molar-refractivity contribution is -0.408. The average Bonchev–Trinajstić information content (AvgIpc) is 3.37. The van der Waals surface area contributed by atoms with Crippen molar-refractivity contribution >= 4 is 0 Å². The molecular weight excluding hydrogens is 1020 g/mol. The Balaban J connectivity index is 1.06. The SMILES string of the molecule is C[C@@H]1OC(O)[C@H](O)[C@H](O)[C@H]1O[C@H]1O[C@H](CO)[C@@H](O)[C@H](O)[C@@H]1O[C@@H]1O[C@H](CO)[C@H](O[C@@H]2O[C@@H](C)[C@H](O[C@H]3O[C@H](CO)[C@@H](O)[C@H](O[C@H]4O[C@H](C)[C@H](O)C[C@H]4O)[C@@H]3O[C@@H]3O[C@H](CO)[C@H](O)[C@H](O)[C@H]3O)[C@@H](O)[C@H]2O)[C@H](O)[C@H]1O. The maximum absolute atomic E-state index is 11.6. The second kappa shape index (κ2) is 25.4. The summed E-state index contributed by atoms with van der Waals surface area (Å²) in [7, 11) is 0. The van der Waals surface area contributed by atoms with Crippen molar-refractivity contribution in [3.8, 4) is 0 Å². The highest BCUT2D eigenvalue weighted by Crippen LogP contribution is 2.38. The molecule has 0 aliphatic carbocycles. The van der Waals surface area contributed by atoms with E-state index in [-0.39, 0.29) is 6.42 Å². The van der Waals surface area contributed by atoms with Crippen LogP contribution >= 0.6 is 0 Å². The van der Waals surface area contributed by atoms with E-state index in [1.807, 2.05) is 0 Å². The molecule has 0 saturated carbocycles. The molecule has 74 heavy (non-hydrogen) atoms. The van der Waals surface area contributed by atoms with Crippen molar-refractivity contribution in [3.05, 3.63) is 0 Å². The van der Waals surface area contributed by atoms with Gasteiger partial charge in [0.1, 0.15) is 140 Å². The molecule has 0 bridgehead atoms. The third kappa shape index (κ3) is 12.4. The van der Waals surface area contributed by atoms with Crippen molar-refractivity contribution in [2.75, 3.05) is 26.4 Å². The van der Waals surface area contributed by atoms with Crippen LogP contribution in [0.4, 0.5) is 0 Å². The van der Waals surface area contributed by atoms with Crippen molar-refractivity contribution in [2.45, 2.75) is 236 Å². The Morgan fingerprint density at radius 1 is 0.284 bits per heavy atom. The molecule has 7 aliphatic heterocycles. The van der Waals surface area contributed by atoms with E-state index in [1.54, 1.807) is 0 Å². The van der Waals surface area contributed by atoms with Crippen LogP contribution in [0.2, 0.25) is 0 Å². The average molecular weight is 1090 g/mol. The molecule has 1 unspecified atom stereocenters. The number of aliphatic hydroxyl groups is 19. The minimum absolute atomic E-state index is 0.260. The van der Waals surface area contributed by atoms with Gasteiger partial charge in [-0.05, 0) is 20.8 Å². The summed E-state index contributed by atoms with van der Waals surface area (Å²) in [4.78, 5) is 0. The van der Waals surface area contributed by atoms with E-state index < -0.39 is 235 Å². The number of rotatable bonds is 16. The molecule has 0 amide bonds. The molecule has 0 aromatic heterocycles. The number of ether oxygens (including phenoxy) is 13. The molecular formula is C42H72O32. The van der Waals surface area contributed by atoms with Crippen molar-refractivity contribution in [2.24, 2.45) is 0 Å². The molecule has 0 radical (unpaired) electrons. The Kier molecular flexibility index (Phi) is 20.8. The van der Waals surface area contributed by atoms with E-state index in [4.69, 9.17) is 61.6 Å². The van der Waals surface area contributed by atoms with Gasteiger partial charge in [-0.15, -0.1) is 0 Å². The number of hydrogen-bond acceptors (Lipinski definition) is 32. The summed E-state index contributed by atoms with van der Waals surface area (Å²) in [5, 5.41) is 203. The zero-order chi connectivity index (χ0) is 54.4. The molecule has 0 aromatic carbocycles. The lowest BCUT2D eigenvalue weighted by atomic mass is 9.95. The largest absolute Gasteiger partial charge is 0.394 e. The van der Waals surface area contributed by atoms with E-state index in [0.717, 1.165) is 0 Å². The molecule has 32 heteroatoms. The summed E-state index contributed by atoms with van der Waals surface area (Å²) in [5.74, 6) is 0. The Bertz CT molecular complexity index is 1730. The number of hydrogen-bond donors (Lipinski definition) is 19. The van der Waals surface area contributed by atoms with Gasteiger partial charge in [-0.3, -0.25) is 0 Å². The van der Waals surface area contributed by atoms with Crippen LogP contribution in [0.5, 0.6) is 0 Å². The van der Waals surface area contributed by atoms with E-state index in [0.29, 0.717) is 0 Å². The molecule has 0 aromatic rings. The lowest BCUT2D eigenvalue weighted by Crippen LogP contribution is -2.68. The summed E-state index contributed by atoms with van der Waals surface area (Å²) < 4.78 is 74.9. The van der Waals surface area contributed by atoms with Gasteiger partial charge in [-0.25, -0.2) is 0 Å². The minimum Gasteiger partial charge on any atom is -0.394 e. The predicted octanol–water partition coefficient (Wildman–Crippen LogP) is -12.2. The fourth-order valence-corrected chi connectivity index (χ4v) is 9.79. The zero-order valence-corrected chi connectivity index (χ0v) is 40.0. The van der Waals surface area contributed by atoms with Crippen LogP contribution in [0.25, 0.3) is 0 Å². The molecule has 7 saturated heterocycles. The van der Waals surface area contributed by atoms with Crippen LogP contribution in [0.15, 0.2) is 0 Å². The van der Waals surface area contributed by atoms with Gasteiger partial charge in [0.25, 0.3) is 0 Å². The normalized spacial score (nSPS) is 54.7. The van der Waals surface area contributed by atoms with E-state index in [1.165, 1.54) is 20.8 Å². The van der Waals surface area contributed by atoms with Gasteiger partial charge in [-0.2, -0.15) is 0 Å². The van der Waals surface area contributed by atoms with Gasteiger partial charge in [-0.1, -0.05) is 0 Å². The molecule has 7 fully saturated rings. The van der Waals surface area contributed by atoms with Gasteiger partial charge < -0.3 is 159 Å². The van der Waals surface area contributed by atoms with Crippen LogP contribution in [0.3, 0.4) is 0 Å². The molecule has 7 aliphatic rings. The Labute approximate surface area is 420 Å². The van der Waals surface area contributed by atoms with Crippen LogP contribution in [0.1, 0.15) is 27.2 Å². The summed E-state index contributed by atoms with van der Waals surface area (Å²) in [6.45, 7) is 0.392. The molecule has 7 rings (SSSR count). The van der Waals surface area contributed by atoms with Crippen LogP contribution in [0, 0.1) is 0 Å². The summed E-state index contributed by atoms with van der Waals surface area (Å²) in [6, 6.07) is 0. The Morgan fingerprint density at radius 3 is 1.22 bits per heavy atom. The smallest absolute Gasteiger partial charge is 0.187 e. The first-order valence-electron chi connectivity index (χ1n) is 24.1. The van der Waals surface area contributed by atoms with Gasteiger partial charge in [0.2, 0.25) is 0 Å².